The first kappa shape index (κ1) is 22.0. The number of fused-ring (bicyclic) bond motifs is 1. The fourth-order valence-corrected chi connectivity index (χ4v) is 6.08. The molecule has 1 aromatic carbocycles. The summed E-state index contributed by atoms with van der Waals surface area (Å²) >= 11 is 0. The van der Waals surface area contributed by atoms with Crippen molar-refractivity contribution in [1.29, 1.82) is 0 Å². The first-order valence-electron chi connectivity index (χ1n) is 10.8. The van der Waals surface area contributed by atoms with Gasteiger partial charge < -0.3 is 19.9 Å². The van der Waals surface area contributed by atoms with Crippen LogP contribution in [-0.2, 0) is 19.6 Å². The lowest BCUT2D eigenvalue weighted by molar-refractivity contribution is -0.138. The highest BCUT2D eigenvalue weighted by Gasteiger charge is 2.36. The van der Waals surface area contributed by atoms with Crippen LogP contribution in [0.25, 0.3) is 0 Å². The molecule has 170 valence electrons. The van der Waals surface area contributed by atoms with Gasteiger partial charge in [0.05, 0.1) is 10.6 Å². The van der Waals surface area contributed by atoms with Crippen molar-refractivity contribution in [2.75, 3.05) is 51.6 Å². The van der Waals surface area contributed by atoms with Crippen molar-refractivity contribution < 1.29 is 22.7 Å². The number of amides is 2. The normalized spacial score (nSPS) is 23.8. The van der Waals surface area contributed by atoms with Gasteiger partial charge in [0.25, 0.3) is 5.91 Å². The van der Waals surface area contributed by atoms with Crippen molar-refractivity contribution >= 4 is 27.5 Å². The molecular formula is C21H30N4O5S. The van der Waals surface area contributed by atoms with E-state index in [2.05, 4.69) is 10.2 Å². The van der Waals surface area contributed by atoms with E-state index in [1.165, 1.54) is 10.4 Å². The first-order valence-corrected chi connectivity index (χ1v) is 12.2. The number of carbonyl (C=O) groups excluding carboxylic acids is 2. The molecule has 2 saturated heterocycles. The number of piperidine rings is 1. The van der Waals surface area contributed by atoms with E-state index in [9.17, 15) is 18.0 Å². The van der Waals surface area contributed by atoms with E-state index < -0.39 is 16.1 Å². The molecule has 0 radical (unpaired) electrons. The summed E-state index contributed by atoms with van der Waals surface area (Å²) < 4.78 is 33.7. The van der Waals surface area contributed by atoms with E-state index in [1.807, 2.05) is 11.9 Å². The Labute approximate surface area is 183 Å². The highest BCUT2D eigenvalue weighted by molar-refractivity contribution is 7.89. The van der Waals surface area contributed by atoms with Gasteiger partial charge in [-0.25, -0.2) is 8.42 Å². The van der Waals surface area contributed by atoms with Crippen LogP contribution in [0, 0.1) is 12.8 Å². The molecule has 1 aromatic rings. The summed E-state index contributed by atoms with van der Waals surface area (Å²) in [6.45, 7) is 7.17. The molecule has 4 rings (SSSR count). The standard InChI is InChI=1S/C21H30N4O5S/c1-14-12-17-18(30-15(2)20(26)22-17)13-19(14)31(28,29)25-6-4-16(5-7-25)21(27)24-10-8-23(3)9-11-24/h12-13,15-16H,4-11H2,1-3H3,(H,22,26)/t15-/m1/s1. The summed E-state index contributed by atoms with van der Waals surface area (Å²) in [5, 5.41) is 2.74. The molecule has 1 N–H and O–H groups in total. The Hall–Kier alpha value is -2.17. The number of hydrogen-bond acceptors (Lipinski definition) is 6. The van der Waals surface area contributed by atoms with Crippen LogP contribution in [0.3, 0.4) is 0 Å². The SMILES string of the molecule is Cc1cc2c(cc1S(=O)(=O)N1CCC(C(=O)N3CCN(C)CC3)CC1)O[C@H](C)C(=O)N2. The lowest BCUT2D eigenvalue weighted by Crippen LogP contribution is -2.51. The number of piperazine rings is 1. The van der Waals surface area contributed by atoms with Crippen molar-refractivity contribution in [3.05, 3.63) is 17.7 Å². The zero-order chi connectivity index (χ0) is 22.3. The molecule has 2 fully saturated rings. The Morgan fingerprint density at radius 3 is 2.39 bits per heavy atom. The van der Waals surface area contributed by atoms with Gasteiger partial charge in [-0.15, -0.1) is 0 Å². The van der Waals surface area contributed by atoms with Crippen molar-refractivity contribution in [3.63, 3.8) is 0 Å². The van der Waals surface area contributed by atoms with E-state index in [0.717, 1.165) is 26.2 Å². The number of hydrogen-bond donors (Lipinski definition) is 1. The highest BCUT2D eigenvalue weighted by atomic mass is 32.2. The Balaban J connectivity index is 1.45. The monoisotopic (exact) mass is 450 g/mol. The molecule has 0 aliphatic carbocycles. The number of aryl methyl sites for hydroxylation is 1. The zero-order valence-corrected chi connectivity index (χ0v) is 19.1. The van der Waals surface area contributed by atoms with Crippen LogP contribution in [-0.4, -0.2) is 86.8 Å². The van der Waals surface area contributed by atoms with Crippen LogP contribution in [0.15, 0.2) is 17.0 Å². The highest BCUT2D eigenvalue weighted by Crippen LogP contribution is 2.36. The molecular weight excluding hydrogens is 420 g/mol. The summed E-state index contributed by atoms with van der Waals surface area (Å²) in [5.74, 6) is 0.123. The third kappa shape index (κ3) is 4.28. The van der Waals surface area contributed by atoms with Gasteiger partial charge in [0, 0.05) is 51.3 Å². The van der Waals surface area contributed by atoms with Crippen LogP contribution in [0.5, 0.6) is 5.75 Å². The Morgan fingerprint density at radius 2 is 1.74 bits per heavy atom. The Kier molecular flexibility index (Phi) is 5.97. The zero-order valence-electron chi connectivity index (χ0n) is 18.3. The number of sulfonamides is 1. The van der Waals surface area contributed by atoms with Gasteiger partial charge in [-0.2, -0.15) is 4.31 Å². The van der Waals surface area contributed by atoms with E-state index in [1.54, 1.807) is 19.9 Å². The van der Waals surface area contributed by atoms with Crippen molar-refractivity contribution in [2.45, 2.75) is 37.7 Å². The summed E-state index contributed by atoms with van der Waals surface area (Å²) in [6.07, 6.45) is 0.373. The van der Waals surface area contributed by atoms with Crippen LogP contribution < -0.4 is 10.1 Å². The second-order valence-electron chi connectivity index (χ2n) is 8.67. The third-order valence-electron chi connectivity index (χ3n) is 6.44. The second kappa shape index (κ2) is 8.40. The molecule has 0 aromatic heterocycles. The van der Waals surface area contributed by atoms with E-state index >= 15 is 0 Å². The topological polar surface area (TPSA) is 99.3 Å². The molecule has 0 saturated carbocycles. The average molecular weight is 451 g/mol. The van der Waals surface area contributed by atoms with Crippen LogP contribution >= 0.6 is 0 Å². The van der Waals surface area contributed by atoms with E-state index in [4.69, 9.17) is 4.74 Å². The summed E-state index contributed by atoms with van der Waals surface area (Å²) in [5.41, 5.74) is 1.03. The molecule has 0 unspecified atom stereocenters. The smallest absolute Gasteiger partial charge is 0.265 e. The minimum atomic E-state index is -3.73. The van der Waals surface area contributed by atoms with Crippen molar-refractivity contribution in [3.8, 4) is 5.75 Å². The quantitative estimate of drug-likeness (QED) is 0.734. The number of nitrogens with one attached hydrogen (secondary N) is 1. The van der Waals surface area contributed by atoms with Gasteiger partial charge >= 0.3 is 0 Å². The van der Waals surface area contributed by atoms with Gasteiger partial charge in [0.2, 0.25) is 15.9 Å². The molecule has 0 bridgehead atoms. The van der Waals surface area contributed by atoms with Gasteiger partial charge in [-0.05, 0) is 45.4 Å². The molecule has 1 atom stereocenters. The first-order chi connectivity index (χ1) is 14.7. The van der Waals surface area contributed by atoms with Crippen LogP contribution in [0.1, 0.15) is 25.3 Å². The van der Waals surface area contributed by atoms with E-state index in [0.29, 0.717) is 42.9 Å². The van der Waals surface area contributed by atoms with Crippen LogP contribution in [0.4, 0.5) is 5.69 Å². The Bertz CT molecular complexity index is 980. The van der Waals surface area contributed by atoms with Gasteiger partial charge in [-0.3, -0.25) is 9.59 Å². The van der Waals surface area contributed by atoms with Gasteiger partial charge in [0.15, 0.2) is 6.10 Å². The minimum absolute atomic E-state index is 0.126. The summed E-state index contributed by atoms with van der Waals surface area (Å²) in [6, 6.07) is 3.13. The van der Waals surface area contributed by atoms with Crippen molar-refractivity contribution in [2.24, 2.45) is 5.92 Å². The van der Waals surface area contributed by atoms with Crippen LogP contribution in [0.2, 0.25) is 0 Å². The molecule has 10 heteroatoms. The maximum Gasteiger partial charge on any atom is 0.265 e. The molecule has 0 spiro atoms. The summed E-state index contributed by atoms with van der Waals surface area (Å²) in [4.78, 5) is 29.0. The molecule has 3 heterocycles. The third-order valence-corrected chi connectivity index (χ3v) is 8.48. The molecule has 9 nitrogen and oxygen atoms in total. The predicted molar refractivity (Wildman–Crippen MR) is 115 cm³/mol. The maximum absolute atomic E-state index is 13.3. The van der Waals surface area contributed by atoms with Gasteiger partial charge in [0.1, 0.15) is 5.75 Å². The number of ether oxygens (including phenoxy) is 1. The number of carbonyl (C=O) groups is 2. The fraction of sp³-hybridized carbons (Fsp3) is 0.619. The molecule has 3 aliphatic rings. The molecule has 2 amide bonds. The minimum Gasteiger partial charge on any atom is -0.479 e. The van der Waals surface area contributed by atoms with E-state index in [-0.39, 0.29) is 22.6 Å². The number of rotatable bonds is 3. The number of nitrogens with zero attached hydrogens (tertiary/aromatic N) is 3. The lowest BCUT2D eigenvalue weighted by Gasteiger charge is -2.37. The fourth-order valence-electron chi connectivity index (χ4n) is 4.39. The average Bonchev–Trinajstić information content (AvgIpc) is 2.74. The summed E-state index contributed by atoms with van der Waals surface area (Å²) in [7, 11) is -1.68. The maximum atomic E-state index is 13.3. The predicted octanol–water partition coefficient (Wildman–Crippen LogP) is 0.889. The Morgan fingerprint density at radius 1 is 1.10 bits per heavy atom. The second-order valence-corrected chi connectivity index (χ2v) is 10.6. The number of likely N-dealkylation sites (N-methyl/N-ethyl adjacent to an activating group) is 1. The largest absolute Gasteiger partial charge is 0.479 e. The van der Waals surface area contributed by atoms with Gasteiger partial charge in [-0.1, -0.05) is 0 Å². The number of benzene rings is 1. The van der Waals surface area contributed by atoms with Crippen molar-refractivity contribution in [1.82, 2.24) is 14.1 Å². The lowest BCUT2D eigenvalue weighted by atomic mass is 9.96. The molecule has 3 aliphatic heterocycles. The molecule has 31 heavy (non-hydrogen) atoms. The number of anilines is 1.